The van der Waals surface area contributed by atoms with E-state index in [1.54, 1.807) is 13.3 Å². The largest absolute Gasteiger partial charge is 0.424 e. The molecular formula is C18H18N6O2. The Hall–Kier alpha value is -3.29. The summed E-state index contributed by atoms with van der Waals surface area (Å²) >= 11 is 0. The number of nitrogens with one attached hydrogen (secondary N) is 1. The summed E-state index contributed by atoms with van der Waals surface area (Å²) in [6, 6.07) is 11.9. The van der Waals surface area contributed by atoms with E-state index in [4.69, 9.17) is 4.42 Å². The van der Waals surface area contributed by atoms with E-state index in [0.29, 0.717) is 24.9 Å². The fourth-order valence-electron chi connectivity index (χ4n) is 2.83. The molecule has 1 fully saturated rings. The summed E-state index contributed by atoms with van der Waals surface area (Å²) in [6.07, 6.45) is 1.56. The van der Waals surface area contributed by atoms with Crippen LogP contribution in [0.4, 0.5) is 5.82 Å². The predicted molar refractivity (Wildman–Crippen MR) is 94.1 cm³/mol. The number of hydrogen-bond acceptors (Lipinski definition) is 7. The van der Waals surface area contributed by atoms with Crippen LogP contribution in [-0.4, -0.2) is 39.2 Å². The van der Waals surface area contributed by atoms with E-state index in [0.717, 1.165) is 17.1 Å². The van der Waals surface area contributed by atoms with Crippen LogP contribution in [0.15, 0.2) is 47.1 Å². The lowest BCUT2D eigenvalue weighted by Crippen LogP contribution is -2.54. The number of hydrogen-bond donors (Lipinski definition) is 1. The fraction of sp³-hybridized carbons (Fsp3) is 0.278. The summed E-state index contributed by atoms with van der Waals surface area (Å²) in [4.78, 5) is 22.9. The quantitative estimate of drug-likeness (QED) is 0.746. The first-order chi connectivity index (χ1) is 12.7. The molecule has 4 rings (SSSR count). The van der Waals surface area contributed by atoms with Crippen LogP contribution in [0, 0.1) is 12.8 Å². The van der Waals surface area contributed by atoms with E-state index in [2.05, 4.69) is 30.4 Å². The molecule has 1 aliphatic heterocycles. The zero-order valence-corrected chi connectivity index (χ0v) is 14.3. The van der Waals surface area contributed by atoms with Crippen molar-refractivity contribution in [3.8, 4) is 11.3 Å². The molecule has 132 valence electrons. The Morgan fingerprint density at radius 3 is 2.77 bits per heavy atom. The molecule has 3 heterocycles. The Kier molecular flexibility index (Phi) is 4.30. The maximum atomic E-state index is 12.2. The number of aryl methyl sites for hydroxylation is 1. The molecule has 1 aromatic carbocycles. The third kappa shape index (κ3) is 3.39. The summed E-state index contributed by atoms with van der Waals surface area (Å²) in [7, 11) is 0. The molecule has 0 aliphatic carbocycles. The van der Waals surface area contributed by atoms with Crippen molar-refractivity contribution >= 4 is 11.7 Å². The molecule has 1 amide bonds. The number of benzene rings is 1. The van der Waals surface area contributed by atoms with Crippen molar-refractivity contribution in [2.24, 2.45) is 5.92 Å². The molecular weight excluding hydrogens is 332 g/mol. The van der Waals surface area contributed by atoms with Crippen LogP contribution in [0.5, 0.6) is 0 Å². The molecule has 0 bridgehead atoms. The maximum Gasteiger partial charge on any atom is 0.235 e. The molecule has 2 aromatic heterocycles. The molecule has 0 saturated carbocycles. The number of nitrogens with zero attached hydrogens (tertiary/aromatic N) is 5. The van der Waals surface area contributed by atoms with Gasteiger partial charge in [0.1, 0.15) is 12.1 Å². The molecule has 0 unspecified atom stereocenters. The van der Waals surface area contributed by atoms with Crippen molar-refractivity contribution in [3.05, 3.63) is 54.5 Å². The van der Waals surface area contributed by atoms with Gasteiger partial charge in [0, 0.05) is 31.6 Å². The molecule has 3 aromatic rings. The van der Waals surface area contributed by atoms with Gasteiger partial charge in [-0.05, 0) is 0 Å². The average Bonchev–Trinajstić information content (AvgIpc) is 3.05. The van der Waals surface area contributed by atoms with Crippen LogP contribution in [0.2, 0.25) is 0 Å². The van der Waals surface area contributed by atoms with E-state index in [9.17, 15) is 4.79 Å². The molecule has 1 saturated heterocycles. The second-order valence-electron chi connectivity index (χ2n) is 6.16. The SMILES string of the molecule is Cc1nnc(CNC(=O)C2CN(c3cc(-c4ccccc4)ncn3)C2)o1. The van der Waals surface area contributed by atoms with Gasteiger partial charge in [-0.3, -0.25) is 4.79 Å². The minimum absolute atomic E-state index is 0.0190. The van der Waals surface area contributed by atoms with Crippen molar-refractivity contribution in [1.82, 2.24) is 25.5 Å². The van der Waals surface area contributed by atoms with Gasteiger partial charge in [0.05, 0.1) is 18.2 Å². The van der Waals surface area contributed by atoms with Gasteiger partial charge < -0.3 is 14.6 Å². The summed E-state index contributed by atoms with van der Waals surface area (Å²) in [5, 5.41) is 10.4. The molecule has 0 radical (unpaired) electrons. The van der Waals surface area contributed by atoms with E-state index >= 15 is 0 Å². The zero-order valence-electron chi connectivity index (χ0n) is 14.3. The van der Waals surface area contributed by atoms with Gasteiger partial charge >= 0.3 is 0 Å². The molecule has 1 N–H and O–H groups in total. The number of carbonyl (C=O) groups is 1. The smallest absolute Gasteiger partial charge is 0.235 e. The third-order valence-electron chi connectivity index (χ3n) is 4.28. The molecule has 8 nitrogen and oxygen atoms in total. The highest BCUT2D eigenvalue weighted by Crippen LogP contribution is 2.26. The minimum atomic E-state index is -0.0749. The maximum absolute atomic E-state index is 12.2. The van der Waals surface area contributed by atoms with Crippen LogP contribution in [0.25, 0.3) is 11.3 Å². The lowest BCUT2D eigenvalue weighted by Gasteiger charge is -2.39. The lowest BCUT2D eigenvalue weighted by molar-refractivity contribution is -0.126. The van der Waals surface area contributed by atoms with Gasteiger partial charge in [0.15, 0.2) is 0 Å². The molecule has 26 heavy (non-hydrogen) atoms. The van der Waals surface area contributed by atoms with Gasteiger partial charge in [-0.1, -0.05) is 30.3 Å². The monoisotopic (exact) mass is 350 g/mol. The standard InChI is InChI=1S/C18H18N6O2/c1-12-22-23-17(26-12)8-19-18(25)14-9-24(10-14)16-7-15(20-11-21-16)13-5-3-2-4-6-13/h2-7,11,14H,8-10H2,1H3,(H,19,25). The van der Waals surface area contributed by atoms with Crippen LogP contribution in [-0.2, 0) is 11.3 Å². The first kappa shape index (κ1) is 16.2. The predicted octanol–water partition coefficient (Wildman–Crippen LogP) is 1.59. The van der Waals surface area contributed by atoms with Gasteiger partial charge in [-0.2, -0.15) is 0 Å². The average molecular weight is 350 g/mol. The highest BCUT2D eigenvalue weighted by atomic mass is 16.4. The number of carbonyl (C=O) groups excluding carboxylic acids is 1. The number of anilines is 1. The molecule has 0 atom stereocenters. The van der Waals surface area contributed by atoms with Crippen LogP contribution < -0.4 is 10.2 Å². The lowest BCUT2D eigenvalue weighted by atomic mass is 9.99. The summed E-state index contributed by atoms with van der Waals surface area (Å²) in [5.74, 6) is 1.64. The Morgan fingerprint density at radius 2 is 2.04 bits per heavy atom. The highest BCUT2D eigenvalue weighted by molar-refractivity contribution is 5.81. The molecule has 8 heteroatoms. The Balaban J connectivity index is 1.34. The van der Waals surface area contributed by atoms with E-state index in [1.165, 1.54) is 0 Å². The summed E-state index contributed by atoms with van der Waals surface area (Å²) in [6.45, 7) is 3.22. The summed E-state index contributed by atoms with van der Waals surface area (Å²) < 4.78 is 5.25. The van der Waals surface area contributed by atoms with Crippen molar-refractivity contribution in [1.29, 1.82) is 0 Å². The van der Waals surface area contributed by atoms with Gasteiger partial charge in [-0.25, -0.2) is 9.97 Å². The van der Waals surface area contributed by atoms with Gasteiger partial charge in [0.2, 0.25) is 17.7 Å². The van der Waals surface area contributed by atoms with E-state index < -0.39 is 0 Å². The molecule has 1 aliphatic rings. The Labute approximate surface area is 150 Å². The number of rotatable bonds is 5. The van der Waals surface area contributed by atoms with E-state index in [1.807, 2.05) is 36.4 Å². The van der Waals surface area contributed by atoms with Crippen molar-refractivity contribution in [2.45, 2.75) is 13.5 Å². The van der Waals surface area contributed by atoms with Crippen molar-refractivity contribution < 1.29 is 9.21 Å². The summed E-state index contributed by atoms with van der Waals surface area (Å²) in [5.41, 5.74) is 1.91. The van der Waals surface area contributed by atoms with Gasteiger partial charge in [-0.15, -0.1) is 10.2 Å². The van der Waals surface area contributed by atoms with E-state index in [-0.39, 0.29) is 18.4 Å². The zero-order chi connectivity index (χ0) is 17.9. The van der Waals surface area contributed by atoms with Crippen LogP contribution >= 0.6 is 0 Å². The number of aromatic nitrogens is 4. The second-order valence-corrected chi connectivity index (χ2v) is 6.16. The third-order valence-corrected chi connectivity index (χ3v) is 4.28. The van der Waals surface area contributed by atoms with Crippen LogP contribution in [0.1, 0.15) is 11.8 Å². The fourth-order valence-corrected chi connectivity index (χ4v) is 2.83. The van der Waals surface area contributed by atoms with Crippen LogP contribution in [0.3, 0.4) is 0 Å². The number of amides is 1. The van der Waals surface area contributed by atoms with Crippen molar-refractivity contribution in [2.75, 3.05) is 18.0 Å². The Bertz CT molecular complexity index is 905. The molecule has 0 spiro atoms. The Morgan fingerprint density at radius 1 is 1.23 bits per heavy atom. The topological polar surface area (TPSA) is 97.0 Å². The van der Waals surface area contributed by atoms with Gasteiger partial charge in [0.25, 0.3) is 0 Å². The first-order valence-corrected chi connectivity index (χ1v) is 8.38. The first-order valence-electron chi connectivity index (χ1n) is 8.38. The normalized spacial score (nSPS) is 14.1. The van der Waals surface area contributed by atoms with Crippen molar-refractivity contribution in [3.63, 3.8) is 0 Å². The highest BCUT2D eigenvalue weighted by Gasteiger charge is 2.33. The minimum Gasteiger partial charge on any atom is -0.424 e. The second kappa shape index (κ2) is 6.91.